The highest BCUT2D eigenvalue weighted by Gasteiger charge is 2.03. The van der Waals surface area contributed by atoms with Gasteiger partial charge in [-0.05, 0) is 30.7 Å². The predicted octanol–water partition coefficient (Wildman–Crippen LogP) is 2.28. The van der Waals surface area contributed by atoms with Gasteiger partial charge in [0.1, 0.15) is 11.6 Å². The Balaban J connectivity index is 1.70. The molecule has 0 atom stereocenters. The van der Waals surface area contributed by atoms with Gasteiger partial charge < -0.3 is 20.5 Å². The lowest BCUT2D eigenvalue weighted by Gasteiger charge is -2.08. The molecule has 0 fully saturated rings. The molecule has 0 radical (unpaired) electrons. The Morgan fingerprint density at radius 1 is 1.17 bits per heavy atom. The number of nitrogens with one attached hydrogen (secondary N) is 2. The fraction of sp³-hybridized carbons (Fsp3) is 0.294. The third-order valence-corrected chi connectivity index (χ3v) is 3.03. The van der Waals surface area contributed by atoms with Gasteiger partial charge >= 0.3 is 0 Å². The number of benzene rings is 1. The number of anilines is 2. The van der Waals surface area contributed by atoms with Crippen LogP contribution in [0, 0.1) is 0 Å². The van der Waals surface area contributed by atoms with Gasteiger partial charge in [0.05, 0.1) is 24.9 Å². The summed E-state index contributed by atoms with van der Waals surface area (Å²) in [4.78, 5) is 16.0. The summed E-state index contributed by atoms with van der Waals surface area (Å²) < 4.78 is 5.48. The first-order valence-electron chi connectivity index (χ1n) is 7.56. The molecule has 23 heavy (non-hydrogen) atoms. The van der Waals surface area contributed by atoms with Crippen LogP contribution in [0.25, 0.3) is 0 Å². The molecule has 0 aliphatic heterocycles. The molecule has 122 valence electrons. The number of pyridine rings is 1. The molecule has 3 N–H and O–H groups in total. The molecule has 0 bridgehead atoms. The van der Waals surface area contributed by atoms with E-state index in [-0.39, 0.29) is 18.9 Å². The Morgan fingerprint density at radius 2 is 2.00 bits per heavy atom. The fourth-order valence-corrected chi connectivity index (χ4v) is 1.87. The third-order valence-electron chi connectivity index (χ3n) is 3.03. The number of aliphatic hydroxyl groups is 1. The average molecular weight is 315 g/mol. The Morgan fingerprint density at radius 3 is 2.70 bits per heavy atom. The van der Waals surface area contributed by atoms with Crippen molar-refractivity contribution in [3.8, 4) is 5.75 Å². The van der Waals surface area contributed by atoms with Gasteiger partial charge in [-0.25, -0.2) is 4.98 Å². The molecule has 1 aromatic carbocycles. The highest BCUT2D eigenvalue weighted by Crippen LogP contribution is 2.11. The lowest BCUT2D eigenvalue weighted by Crippen LogP contribution is -2.15. The number of ether oxygens (including phenoxy) is 1. The molecule has 2 aromatic rings. The minimum absolute atomic E-state index is 0.122. The second-order valence-electron chi connectivity index (χ2n) is 4.90. The molecule has 0 aliphatic carbocycles. The van der Waals surface area contributed by atoms with E-state index in [9.17, 15) is 4.79 Å². The number of carbonyl (C=O) groups excluding carboxylic acids is 1. The summed E-state index contributed by atoms with van der Waals surface area (Å²) in [6.45, 7) is 1.13. The van der Waals surface area contributed by atoms with Crippen molar-refractivity contribution in [3.63, 3.8) is 0 Å². The largest absolute Gasteiger partial charge is 0.493 e. The monoisotopic (exact) mass is 315 g/mol. The van der Waals surface area contributed by atoms with Gasteiger partial charge in [0.25, 0.3) is 0 Å². The number of rotatable bonds is 9. The van der Waals surface area contributed by atoms with Gasteiger partial charge in [0.15, 0.2) is 0 Å². The number of aliphatic hydroxyl groups excluding tert-OH is 1. The summed E-state index contributed by atoms with van der Waals surface area (Å²) >= 11 is 0. The van der Waals surface area contributed by atoms with Gasteiger partial charge in [-0.15, -0.1) is 0 Å². The number of para-hydroxylation sites is 1. The van der Waals surface area contributed by atoms with Crippen LogP contribution in [0.5, 0.6) is 5.75 Å². The topological polar surface area (TPSA) is 83.5 Å². The average Bonchev–Trinajstić information content (AvgIpc) is 2.58. The summed E-state index contributed by atoms with van der Waals surface area (Å²) in [5.41, 5.74) is 0.641. The van der Waals surface area contributed by atoms with Gasteiger partial charge in [-0.3, -0.25) is 4.79 Å². The van der Waals surface area contributed by atoms with Crippen molar-refractivity contribution < 1.29 is 14.6 Å². The molecule has 0 spiro atoms. The first-order valence-corrected chi connectivity index (χ1v) is 7.56. The summed E-state index contributed by atoms with van der Waals surface area (Å²) in [5, 5.41) is 14.6. The third kappa shape index (κ3) is 6.36. The maximum atomic E-state index is 11.8. The van der Waals surface area contributed by atoms with E-state index >= 15 is 0 Å². The van der Waals surface area contributed by atoms with Crippen LogP contribution < -0.4 is 15.4 Å². The Kier molecular flexibility index (Phi) is 6.87. The lowest BCUT2D eigenvalue weighted by molar-refractivity contribution is -0.116. The van der Waals surface area contributed by atoms with E-state index in [0.29, 0.717) is 31.1 Å². The molecule has 0 saturated carbocycles. The van der Waals surface area contributed by atoms with Crippen molar-refractivity contribution in [2.45, 2.75) is 12.8 Å². The van der Waals surface area contributed by atoms with E-state index in [2.05, 4.69) is 15.6 Å². The second-order valence-corrected chi connectivity index (χ2v) is 4.90. The van der Waals surface area contributed by atoms with Crippen molar-refractivity contribution >= 4 is 17.4 Å². The SMILES string of the molecule is O=C(CCOc1ccccc1)Nc1ccc(NCCCO)nc1. The van der Waals surface area contributed by atoms with Crippen molar-refractivity contribution in [1.29, 1.82) is 0 Å². The van der Waals surface area contributed by atoms with Crippen LogP contribution in [0.3, 0.4) is 0 Å². The molecular formula is C17H21N3O3. The minimum Gasteiger partial charge on any atom is -0.493 e. The van der Waals surface area contributed by atoms with Crippen LogP contribution >= 0.6 is 0 Å². The summed E-state index contributed by atoms with van der Waals surface area (Å²) in [6.07, 6.45) is 2.53. The second kappa shape index (κ2) is 9.42. The van der Waals surface area contributed by atoms with Gasteiger partial charge in [-0.1, -0.05) is 18.2 Å². The van der Waals surface area contributed by atoms with Gasteiger partial charge in [0.2, 0.25) is 5.91 Å². The molecule has 0 saturated heterocycles. The van der Waals surface area contributed by atoms with Crippen LogP contribution in [-0.2, 0) is 4.79 Å². The molecule has 1 aromatic heterocycles. The van der Waals surface area contributed by atoms with Crippen molar-refractivity contribution in [1.82, 2.24) is 4.98 Å². The summed E-state index contributed by atoms with van der Waals surface area (Å²) in [5.74, 6) is 1.34. The van der Waals surface area contributed by atoms with Gasteiger partial charge in [0, 0.05) is 13.2 Å². The maximum Gasteiger partial charge on any atom is 0.227 e. The normalized spacial score (nSPS) is 10.1. The number of carbonyl (C=O) groups is 1. The quantitative estimate of drug-likeness (QED) is 0.618. The van der Waals surface area contributed by atoms with Crippen LogP contribution in [-0.4, -0.2) is 35.8 Å². The number of hydrogen-bond donors (Lipinski definition) is 3. The zero-order valence-corrected chi connectivity index (χ0v) is 12.9. The molecule has 6 heteroatoms. The van der Waals surface area contributed by atoms with E-state index in [1.807, 2.05) is 30.3 Å². The number of amides is 1. The van der Waals surface area contributed by atoms with Crippen LogP contribution in [0.4, 0.5) is 11.5 Å². The minimum atomic E-state index is -0.122. The van der Waals surface area contributed by atoms with Gasteiger partial charge in [-0.2, -0.15) is 0 Å². The first-order chi connectivity index (χ1) is 11.3. The molecule has 1 heterocycles. The Hall–Kier alpha value is -2.60. The maximum absolute atomic E-state index is 11.8. The van der Waals surface area contributed by atoms with E-state index in [0.717, 1.165) is 5.75 Å². The molecule has 2 rings (SSSR count). The van der Waals surface area contributed by atoms with Crippen LogP contribution in [0.15, 0.2) is 48.7 Å². The van der Waals surface area contributed by atoms with E-state index in [1.54, 1.807) is 18.3 Å². The number of nitrogens with zero attached hydrogens (tertiary/aromatic N) is 1. The molecule has 6 nitrogen and oxygen atoms in total. The fourth-order valence-electron chi connectivity index (χ4n) is 1.87. The number of aromatic nitrogens is 1. The highest BCUT2D eigenvalue weighted by atomic mass is 16.5. The first kappa shape index (κ1) is 16.8. The summed E-state index contributed by atoms with van der Waals surface area (Å²) in [6, 6.07) is 13.0. The zero-order valence-electron chi connectivity index (χ0n) is 12.9. The Labute approximate surface area is 135 Å². The Bertz CT molecular complexity index is 588. The van der Waals surface area contributed by atoms with E-state index < -0.39 is 0 Å². The predicted molar refractivity (Wildman–Crippen MR) is 89.6 cm³/mol. The molecule has 0 aliphatic rings. The highest BCUT2D eigenvalue weighted by molar-refractivity contribution is 5.90. The lowest BCUT2D eigenvalue weighted by atomic mass is 10.3. The van der Waals surface area contributed by atoms with Crippen molar-refractivity contribution in [2.24, 2.45) is 0 Å². The standard InChI is InChI=1S/C17H21N3O3/c21-11-4-10-18-16-8-7-14(13-19-16)20-17(22)9-12-23-15-5-2-1-3-6-15/h1-3,5-8,13,21H,4,9-12H2,(H,18,19)(H,20,22). The smallest absolute Gasteiger partial charge is 0.227 e. The van der Waals surface area contributed by atoms with Crippen LogP contribution in [0.2, 0.25) is 0 Å². The van der Waals surface area contributed by atoms with E-state index in [1.165, 1.54) is 0 Å². The molecule has 0 unspecified atom stereocenters. The molecule has 1 amide bonds. The van der Waals surface area contributed by atoms with Crippen molar-refractivity contribution in [3.05, 3.63) is 48.7 Å². The molecular weight excluding hydrogens is 294 g/mol. The van der Waals surface area contributed by atoms with Crippen LogP contribution in [0.1, 0.15) is 12.8 Å². The zero-order chi connectivity index (χ0) is 16.3. The summed E-state index contributed by atoms with van der Waals surface area (Å²) in [7, 11) is 0. The van der Waals surface area contributed by atoms with Crippen molar-refractivity contribution in [2.75, 3.05) is 30.4 Å². The number of hydrogen-bond acceptors (Lipinski definition) is 5. The van der Waals surface area contributed by atoms with E-state index in [4.69, 9.17) is 9.84 Å².